The number of halogens is 3. The van der Waals surface area contributed by atoms with Gasteiger partial charge in [-0.25, -0.2) is 13.6 Å². The summed E-state index contributed by atoms with van der Waals surface area (Å²) in [6.07, 6.45) is 1.32. The molecule has 0 saturated heterocycles. The number of carboxylic acid groups (broad SMARTS) is 1. The van der Waals surface area contributed by atoms with Gasteiger partial charge in [0.15, 0.2) is 5.82 Å². The van der Waals surface area contributed by atoms with Gasteiger partial charge in [0.2, 0.25) is 5.91 Å². The molecule has 17 heavy (non-hydrogen) atoms. The van der Waals surface area contributed by atoms with Gasteiger partial charge in [-0.2, -0.15) is 0 Å². The van der Waals surface area contributed by atoms with Gasteiger partial charge in [-0.15, -0.1) is 0 Å². The van der Waals surface area contributed by atoms with Gasteiger partial charge in [0.1, 0.15) is 5.82 Å². The zero-order chi connectivity index (χ0) is 13.0. The molecule has 2 N–H and O–H groups in total. The minimum Gasteiger partial charge on any atom is -0.478 e. The molecule has 1 rings (SSSR count). The Morgan fingerprint density at radius 2 is 1.94 bits per heavy atom. The molecule has 0 fully saturated rings. The summed E-state index contributed by atoms with van der Waals surface area (Å²) in [5.74, 6) is -3.90. The summed E-state index contributed by atoms with van der Waals surface area (Å²) in [5.41, 5.74) is -0.258. The van der Waals surface area contributed by atoms with Crippen molar-refractivity contribution < 1.29 is 23.5 Å². The van der Waals surface area contributed by atoms with Crippen LogP contribution in [0.5, 0.6) is 0 Å². The predicted octanol–water partition coefficient (Wildman–Crippen LogP) is 2.31. The lowest BCUT2D eigenvalue weighted by molar-refractivity contribution is -0.131. The van der Waals surface area contributed by atoms with Gasteiger partial charge >= 0.3 is 5.97 Å². The van der Waals surface area contributed by atoms with E-state index >= 15 is 0 Å². The molecule has 0 heterocycles. The van der Waals surface area contributed by atoms with Crippen LogP contribution in [0.1, 0.15) is 0 Å². The van der Waals surface area contributed by atoms with Crippen molar-refractivity contribution in [1.29, 1.82) is 0 Å². The highest BCUT2D eigenvalue weighted by molar-refractivity contribution is 9.10. The Hall–Kier alpha value is -1.76. The molecule has 0 unspecified atom stereocenters. The van der Waals surface area contributed by atoms with Crippen LogP contribution in [0.15, 0.2) is 28.8 Å². The summed E-state index contributed by atoms with van der Waals surface area (Å²) in [6.45, 7) is 0. The Morgan fingerprint density at radius 1 is 1.29 bits per heavy atom. The maximum absolute atomic E-state index is 13.2. The van der Waals surface area contributed by atoms with Gasteiger partial charge in [-0.3, -0.25) is 4.79 Å². The van der Waals surface area contributed by atoms with Crippen LogP contribution in [0.2, 0.25) is 0 Å². The number of hydrogen-bond acceptors (Lipinski definition) is 2. The van der Waals surface area contributed by atoms with E-state index in [0.717, 1.165) is 12.1 Å². The van der Waals surface area contributed by atoms with E-state index in [9.17, 15) is 18.4 Å². The smallest absolute Gasteiger partial charge is 0.328 e. The van der Waals surface area contributed by atoms with Gasteiger partial charge in [0, 0.05) is 22.7 Å². The molecule has 0 aromatic heterocycles. The number of anilines is 1. The van der Waals surface area contributed by atoms with Crippen molar-refractivity contribution in [3.05, 3.63) is 40.4 Å². The van der Waals surface area contributed by atoms with E-state index in [2.05, 4.69) is 21.2 Å². The van der Waals surface area contributed by atoms with Crippen LogP contribution in [-0.2, 0) is 9.59 Å². The molecular formula is C10H6BrF2NO3. The van der Waals surface area contributed by atoms with Crippen molar-refractivity contribution in [2.75, 3.05) is 5.32 Å². The molecule has 1 aromatic rings. The Labute approximate surface area is 103 Å². The molecule has 0 spiro atoms. The minimum absolute atomic E-state index is 0.0204. The number of carboxylic acids is 1. The Kier molecular flexibility index (Phi) is 4.33. The molecule has 4 nitrogen and oxygen atoms in total. The second-order valence-corrected chi connectivity index (χ2v) is 3.76. The highest BCUT2D eigenvalue weighted by Gasteiger charge is 2.11. The second-order valence-electron chi connectivity index (χ2n) is 2.91. The normalized spacial score (nSPS) is 10.5. The molecule has 0 bridgehead atoms. The van der Waals surface area contributed by atoms with Crippen molar-refractivity contribution in [3.63, 3.8) is 0 Å². The summed E-state index contributed by atoms with van der Waals surface area (Å²) >= 11 is 2.87. The minimum atomic E-state index is -1.31. The monoisotopic (exact) mass is 305 g/mol. The lowest BCUT2D eigenvalue weighted by Gasteiger charge is -2.06. The first kappa shape index (κ1) is 13.3. The van der Waals surface area contributed by atoms with Gasteiger partial charge in [-0.1, -0.05) is 0 Å². The van der Waals surface area contributed by atoms with Crippen LogP contribution in [-0.4, -0.2) is 17.0 Å². The maximum atomic E-state index is 13.2. The van der Waals surface area contributed by atoms with Crippen molar-refractivity contribution >= 4 is 33.5 Å². The van der Waals surface area contributed by atoms with Crippen molar-refractivity contribution in [2.24, 2.45) is 0 Å². The topological polar surface area (TPSA) is 66.4 Å². The quantitative estimate of drug-likeness (QED) is 0.842. The lowest BCUT2D eigenvalue weighted by atomic mass is 10.3. The van der Waals surface area contributed by atoms with E-state index in [-0.39, 0.29) is 10.2 Å². The van der Waals surface area contributed by atoms with Gasteiger partial charge in [0.05, 0.1) is 5.69 Å². The number of nitrogens with one attached hydrogen (secondary N) is 1. The van der Waals surface area contributed by atoms with Crippen LogP contribution in [0, 0.1) is 11.6 Å². The Bertz CT molecular complexity index is 479. The van der Waals surface area contributed by atoms with E-state index in [1.807, 2.05) is 0 Å². The third-order valence-corrected chi connectivity index (χ3v) is 2.26. The lowest BCUT2D eigenvalue weighted by Crippen LogP contribution is -2.11. The molecule has 0 atom stereocenters. The van der Waals surface area contributed by atoms with E-state index in [1.165, 1.54) is 0 Å². The van der Waals surface area contributed by atoms with Crippen molar-refractivity contribution in [3.8, 4) is 0 Å². The number of rotatable bonds is 3. The zero-order valence-electron chi connectivity index (χ0n) is 8.21. The first-order chi connectivity index (χ1) is 7.90. The van der Waals surface area contributed by atoms with Crippen LogP contribution in [0.3, 0.4) is 0 Å². The first-order valence-electron chi connectivity index (χ1n) is 4.26. The number of carbonyl (C=O) groups is 2. The standard InChI is InChI=1S/C10H6BrF2NO3/c11-6-3-5(12)4-7(13)10(6)14-8(15)1-2-9(16)17/h1-4H,(H,14,15)(H,16,17). The zero-order valence-corrected chi connectivity index (χ0v) is 9.79. The molecule has 0 saturated carbocycles. The van der Waals surface area contributed by atoms with E-state index in [4.69, 9.17) is 5.11 Å². The van der Waals surface area contributed by atoms with E-state index < -0.39 is 23.5 Å². The van der Waals surface area contributed by atoms with E-state index in [1.54, 1.807) is 0 Å². The fourth-order valence-electron chi connectivity index (χ4n) is 0.973. The highest BCUT2D eigenvalue weighted by atomic mass is 79.9. The molecule has 0 aliphatic carbocycles. The van der Waals surface area contributed by atoms with Crippen molar-refractivity contribution in [2.45, 2.75) is 0 Å². The van der Waals surface area contributed by atoms with E-state index in [0.29, 0.717) is 12.1 Å². The number of hydrogen-bond donors (Lipinski definition) is 2. The second kappa shape index (κ2) is 5.53. The fourth-order valence-corrected chi connectivity index (χ4v) is 1.48. The number of aliphatic carboxylic acids is 1. The maximum Gasteiger partial charge on any atom is 0.328 e. The fraction of sp³-hybridized carbons (Fsp3) is 0. The summed E-state index contributed by atoms with van der Waals surface area (Å²) in [4.78, 5) is 21.3. The van der Waals surface area contributed by atoms with Gasteiger partial charge < -0.3 is 10.4 Å². The summed E-state index contributed by atoms with van der Waals surface area (Å²) < 4.78 is 26.0. The molecular weight excluding hydrogens is 300 g/mol. The van der Waals surface area contributed by atoms with Crippen LogP contribution >= 0.6 is 15.9 Å². The average molecular weight is 306 g/mol. The molecule has 0 aliphatic heterocycles. The molecule has 90 valence electrons. The molecule has 7 heteroatoms. The summed E-state index contributed by atoms with van der Waals surface area (Å²) in [7, 11) is 0. The number of benzene rings is 1. The summed E-state index contributed by atoms with van der Waals surface area (Å²) in [5, 5.41) is 10.4. The van der Waals surface area contributed by atoms with Gasteiger partial charge in [-0.05, 0) is 22.0 Å². The largest absolute Gasteiger partial charge is 0.478 e. The highest BCUT2D eigenvalue weighted by Crippen LogP contribution is 2.26. The molecule has 1 aromatic carbocycles. The predicted molar refractivity (Wildman–Crippen MR) is 59.5 cm³/mol. The number of amides is 1. The third kappa shape index (κ3) is 3.95. The molecule has 0 aliphatic rings. The van der Waals surface area contributed by atoms with Crippen molar-refractivity contribution in [1.82, 2.24) is 0 Å². The molecule has 1 amide bonds. The number of carbonyl (C=O) groups excluding carboxylic acids is 1. The summed E-state index contributed by atoms with van der Waals surface area (Å²) in [6, 6.07) is 1.57. The Morgan fingerprint density at radius 3 is 2.47 bits per heavy atom. The van der Waals surface area contributed by atoms with Crippen LogP contribution in [0.4, 0.5) is 14.5 Å². The third-order valence-electron chi connectivity index (χ3n) is 1.63. The Balaban J connectivity index is 2.89. The first-order valence-corrected chi connectivity index (χ1v) is 5.06. The van der Waals surface area contributed by atoms with Crippen LogP contribution in [0.25, 0.3) is 0 Å². The van der Waals surface area contributed by atoms with Gasteiger partial charge in [0.25, 0.3) is 0 Å². The SMILES string of the molecule is O=C(O)C=CC(=O)Nc1c(F)cc(F)cc1Br. The van der Waals surface area contributed by atoms with Crippen LogP contribution < -0.4 is 5.32 Å². The average Bonchev–Trinajstić information content (AvgIpc) is 2.20. The molecule has 0 radical (unpaired) electrons.